The molecular formula is C17H15Cl2NS. The summed E-state index contributed by atoms with van der Waals surface area (Å²) >= 11 is 13.9. The van der Waals surface area contributed by atoms with E-state index in [4.69, 9.17) is 23.2 Å². The molecule has 1 nitrogen and oxygen atoms in total. The van der Waals surface area contributed by atoms with Gasteiger partial charge in [0.25, 0.3) is 0 Å². The number of thiophene rings is 1. The Morgan fingerprint density at radius 2 is 1.71 bits per heavy atom. The van der Waals surface area contributed by atoms with Crippen LogP contribution in [0.2, 0.25) is 10.0 Å². The van der Waals surface area contributed by atoms with Crippen molar-refractivity contribution in [1.29, 1.82) is 0 Å². The monoisotopic (exact) mass is 335 g/mol. The largest absolute Gasteiger partial charge is 0.378 e. The van der Waals surface area contributed by atoms with Gasteiger partial charge in [-0.25, -0.2) is 0 Å². The van der Waals surface area contributed by atoms with Gasteiger partial charge in [0.1, 0.15) is 0 Å². The van der Waals surface area contributed by atoms with Crippen LogP contribution >= 0.6 is 34.5 Å². The highest BCUT2D eigenvalue weighted by Gasteiger charge is 2.14. The average Bonchev–Trinajstić information content (AvgIpc) is 2.76. The lowest BCUT2D eigenvalue weighted by Gasteiger charge is -2.15. The molecule has 0 fully saturated rings. The molecule has 0 spiro atoms. The second-order valence-electron chi connectivity index (χ2n) is 5.11. The van der Waals surface area contributed by atoms with E-state index in [-0.39, 0.29) is 6.04 Å². The molecule has 21 heavy (non-hydrogen) atoms. The molecule has 1 aromatic heterocycles. The molecular weight excluding hydrogens is 321 g/mol. The second-order valence-corrected chi connectivity index (χ2v) is 7.07. The number of anilines is 1. The molecule has 1 heterocycles. The smallest absolute Gasteiger partial charge is 0.0581 e. The summed E-state index contributed by atoms with van der Waals surface area (Å²) in [6.07, 6.45) is 0. The Morgan fingerprint density at radius 1 is 1.05 bits per heavy atom. The fourth-order valence-electron chi connectivity index (χ4n) is 2.56. The molecule has 0 radical (unpaired) electrons. The lowest BCUT2D eigenvalue weighted by atomic mass is 10.1. The zero-order valence-electron chi connectivity index (χ0n) is 11.8. The van der Waals surface area contributed by atoms with Crippen LogP contribution in [0.25, 0.3) is 10.1 Å². The van der Waals surface area contributed by atoms with Crippen LogP contribution in [0.15, 0.2) is 42.5 Å². The van der Waals surface area contributed by atoms with Crippen LogP contribution in [-0.4, -0.2) is 0 Å². The van der Waals surface area contributed by atoms with E-state index in [0.717, 1.165) is 5.69 Å². The highest BCUT2D eigenvalue weighted by molar-refractivity contribution is 7.19. The number of halogens is 2. The molecule has 108 valence electrons. The first-order chi connectivity index (χ1) is 10.0. The number of benzene rings is 2. The van der Waals surface area contributed by atoms with Crippen molar-refractivity contribution in [3.63, 3.8) is 0 Å². The van der Waals surface area contributed by atoms with Crippen molar-refractivity contribution >= 4 is 50.3 Å². The van der Waals surface area contributed by atoms with Gasteiger partial charge in [0.2, 0.25) is 0 Å². The maximum Gasteiger partial charge on any atom is 0.0581 e. The Morgan fingerprint density at radius 3 is 2.38 bits per heavy atom. The average molecular weight is 336 g/mol. The third-order valence-electron chi connectivity index (χ3n) is 3.52. The van der Waals surface area contributed by atoms with E-state index >= 15 is 0 Å². The molecule has 0 bridgehead atoms. The first-order valence-electron chi connectivity index (χ1n) is 6.75. The van der Waals surface area contributed by atoms with Crippen LogP contribution in [0.1, 0.15) is 23.4 Å². The highest BCUT2D eigenvalue weighted by atomic mass is 35.5. The predicted octanol–water partition coefficient (Wildman–Crippen LogP) is 6.69. The van der Waals surface area contributed by atoms with Gasteiger partial charge in [-0.2, -0.15) is 0 Å². The Labute approximate surface area is 138 Å². The summed E-state index contributed by atoms with van der Waals surface area (Å²) in [5, 5.41) is 6.10. The second kappa shape index (κ2) is 5.88. The first-order valence-corrected chi connectivity index (χ1v) is 8.32. The fourth-order valence-corrected chi connectivity index (χ4v) is 4.30. The molecule has 1 atom stereocenters. The zero-order chi connectivity index (χ0) is 15.0. The molecule has 3 rings (SSSR count). The van der Waals surface area contributed by atoms with E-state index in [1.54, 1.807) is 6.07 Å². The molecule has 0 saturated heterocycles. The summed E-state index contributed by atoms with van der Waals surface area (Å²) in [6.45, 7) is 4.34. The molecule has 0 aliphatic rings. The quantitative estimate of drug-likeness (QED) is 0.562. The maximum absolute atomic E-state index is 6.05. The number of fused-ring (bicyclic) bond motifs is 1. The summed E-state index contributed by atoms with van der Waals surface area (Å²) in [5.74, 6) is 0. The molecule has 0 amide bonds. The van der Waals surface area contributed by atoms with Crippen LogP contribution < -0.4 is 5.32 Å². The minimum atomic E-state index is 0.205. The summed E-state index contributed by atoms with van der Waals surface area (Å²) in [6, 6.07) is 14.2. The van der Waals surface area contributed by atoms with Gasteiger partial charge in [-0.1, -0.05) is 41.4 Å². The van der Waals surface area contributed by atoms with Crippen molar-refractivity contribution in [2.24, 2.45) is 0 Å². The fraction of sp³-hybridized carbons (Fsp3) is 0.176. The third kappa shape index (κ3) is 3.03. The molecule has 3 aromatic rings. The molecule has 1 N–H and O–H groups in total. The molecule has 1 unspecified atom stereocenters. The van der Waals surface area contributed by atoms with Gasteiger partial charge in [0.15, 0.2) is 0 Å². The number of aryl methyl sites for hydroxylation is 1. The van der Waals surface area contributed by atoms with Crippen molar-refractivity contribution in [3.8, 4) is 0 Å². The number of nitrogens with one attached hydrogen (secondary N) is 1. The molecule has 2 aromatic carbocycles. The van der Waals surface area contributed by atoms with Crippen LogP contribution in [0, 0.1) is 6.92 Å². The van der Waals surface area contributed by atoms with Gasteiger partial charge < -0.3 is 5.32 Å². The molecule has 0 aliphatic heterocycles. The van der Waals surface area contributed by atoms with E-state index in [2.05, 4.69) is 43.4 Å². The molecule has 4 heteroatoms. The highest BCUT2D eigenvalue weighted by Crippen LogP contribution is 2.36. The standard InChI is InChI=1S/C17H15Cl2NS/c1-10-15-5-3-4-6-16(15)21-17(10)11(2)20-14-8-12(18)7-13(19)9-14/h3-9,11,20H,1-2H3. The zero-order valence-corrected chi connectivity index (χ0v) is 14.1. The van der Waals surface area contributed by atoms with Gasteiger partial charge in [-0.05, 0) is 49.1 Å². The number of hydrogen-bond donors (Lipinski definition) is 1. The van der Waals surface area contributed by atoms with Gasteiger partial charge in [0.05, 0.1) is 6.04 Å². The van der Waals surface area contributed by atoms with Gasteiger partial charge in [0, 0.05) is 25.3 Å². The van der Waals surface area contributed by atoms with Crippen LogP contribution in [0.4, 0.5) is 5.69 Å². The summed E-state index contributed by atoms with van der Waals surface area (Å²) < 4.78 is 1.32. The predicted molar refractivity (Wildman–Crippen MR) is 95.1 cm³/mol. The Bertz CT molecular complexity index is 774. The maximum atomic E-state index is 6.05. The number of rotatable bonds is 3. The van der Waals surface area contributed by atoms with Crippen LogP contribution in [0.5, 0.6) is 0 Å². The van der Waals surface area contributed by atoms with E-state index in [1.807, 2.05) is 23.5 Å². The third-order valence-corrected chi connectivity index (χ3v) is 5.41. The summed E-state index contributed by atoms with van der Waals surface area (Å²) in [5.41, 5.74) is 2.28. The minimum absolute atomic E-state index is 0.205. The molecule has 0 aliphatic carbocycles. The number of hydrogen-bond acceptors (Lipinski definition) is 2. The van der Waals surface area contributed by atoms with Crippen molar-refractivity contribution in [2.75, 3.05) is 5.32 Å². The van der Waals surface area contributed by atoms with Gasteiger partial charge >= 0.3 is 0 Å². The topological polar surface area (TPSA) is 12.0 Å². The Kier molecular flexibility index (Phi) is 4.12. The van der Waals surface area contributed by atoms with E-state index < -0.39 is 0 Å². The first kappa shape index (κ1) is 14.7. The SMILES string of the molecule is Cc1c(C(C)Nc2cc(Cl)cc(Cl)c2)sc2ccccc12. The van der Waals surface area contributed by atoms with Gasteiger partial charge in [-0.15, -0.1) is 11.3 Å². The van der Waals surface area contributed by atoms with Crippen molar-refractivity contribution in [1.82, 2.24) is 0 Å². The lowest BCUT2D eigenvalue weighted by Crippen LogP contribution is -2.06. The summed E-state index contributed by atoms with van der Waals surface area (Å²) in [4.78, 5) is 1.34. The van der Waals surface area contributed by atoms with Crippen LogP contribution in [0.3, 0.4) is 0 Å². The van der Waals surface area contributed by atoms with Crippen molar-refractivity contribution in [2.45, 2.75) is 19.9 Å². The van der Waals surface area contributed by atoms with E-state index in [0.29, 0.717) is 10.0 Å². The minimum Gasteiger partial charge on any atom is -0.378 e. The normalized spacial score (nSPS) is 12.6. The summed E-state index contributed by atoms with van der Waals surface area (Å²) in [7, 11) is 0. The van der Waals surface area contributed by atoms with Crippen molar-refractivity contribution in [3.05, 3.63) is 63.0 Å². The Balaban J connectivity index is 1.93. The van der Waals surface area contributed by atoms with Crippen molar-refractivity contribution < 1.29 is 0 Å². The van der Waals surface area contributed by atoms with Crippen LogP contribution in [-0.2, 0) is 0 Å². The Hall–Kier alpha value is -1.22. The van der Waals surface area contributed by atoms with Gasteiger partial charge in [-0.3, -0.25) is 0 Å². The van der Waals surface area contributed by atoms with E-state index in [1.165, 1.54) is 20.5 Å². The lowest BCUT2D eigenvalue weighted by molar-refractivity contribution is 0.900. The molecule has 0 saturated carbocycles. The van der Waals surface area contributed by atoms with E-state index in [9.17, 15) is 0 Å².